The number of hydrogen-bond donors (Lipinski definition) is 3. The highest BCUT2D eigenvalue weighted by molar-refractivity contribution is 6.30. The van der Waals surface area contributed by atoms with Crippen molar-refractivity contribution >= 4 is 17.7 Å². The van der Waals surface area contributed by atoms with Crippen LogP contribution in [0.2, 0.25) is 5.02 Å². The van der Waals surface area contributed by atoms with Gasteiger partial charge in [0.15, 0.2) is 0 Å². The van der Waals surface area contributed by atoms with E-state index in [-0.39, 0.29) is 12.1 Å². The van der Waals surface area contributed by atoms with Gasteiger partial charge in [0.2, 0.25) is 0 Å². The molecule has 0 radical (unpaired) electrons. The van der Waals surface area contributed by atoms with Gasteiger partial charge in [-0.05, 0) is 41.8 Å². The summed E-state index contributed by atoms with van der Waals surface area (Å²) in [5.41, 5.74) is 3.29. The highest BCUT2D eigenvalue weighted by atomic mass is 35.5. The van der Waals surface area contributed by atoms with Gasteiger partial charge in [-0.15, -0.1) is 0 Å². The zero-order chi connectivity index (χ0) is 15.5. The van der Waals surface area contributed by atoms with Crippen LogP contribution in [0.15, 0.2) is 48.5 Å². The fourth-order valence-electron chi connectivity index (χ4n) is 3.00. The summed E-state index contributed by atoms with van der Waals surface area (Å²) >= 11 is 5.94. The minimum absolute atomic E-state index is 0.0952. The van der Waals surface area contributed by atoms with Crippen molar-refractivity contribution < 1.29 is 9.90 Å². The Labute approximate surface area is 134 Å². The van der Waals surface area contributed by atoms with Crippen molar-refractivity contribution in [1.82, 2.24) is 10.6 Å². The molecule has 2 atom stereocenters. The quantitative estimate of drug-likeness (QED) is 0.811. The molecule has 2 aromatic rings. The van der Waals surface area contributed by atoms with Crippen molar-refractivity contribution in [3.8, 4) is 0 Å². The number of amides is 1. The predicted octanol–water partition coefficient (Wildman–Crippen LogP) is 3.54. The zero-order valence-electron chi connectivity index (χ0n) is 11.9. The molecule has 114 valence electrons. The molecule has 2 aromatic carbocycles. The highest BCUT2D eigenvalue weighted by Gasteiger charge is 2.29. The largest absolute Gasteiger partial charge is 0.465 e. The molecule has 0 saturated carbocycles. The number of nitrogens with one attached hydrogen (secondary N) is 2. The third-order valence-corrected chi connectivity index (χ3v) is 4.24. The number of fused-ring (bicyclic) bond motifs is 1. The number of halogens is 1. The number of carboxylic acid groups (broad SMARTS) is 1. The summed E-state index contributed by atoms with van der Waals surface area (Å²) in [6.07, 6.45) is -0.0857. The van der Waals surface area contributed by atoms with Crippen LogP contribution in [-0.4, -0.2) is 17.7 Å². The van der Waals surface area contributed by atoms with E-state index in [1.807, 2.05) is 24.3 Å². The Morgan fingerprint density at radius 3 is 2.68 bits per heavy atom. The summed E-state index contributed by atoms with van der Waals surface area (Å²) < 4.78 is 0. The number of hydrogen-bond acceptors (Lipinski definition) is 2. The highest BCUT2D eigenvalue weighted by Crippen LogP contribution is 2.33. The lowest BCUT2D eigenvalue weighted by Gasteiger charge is -2.33. The van der Waals surface area contributed by atoms with Gasteiger partial charge in [0, 0.05) is 5.02 Å². The molecule has 0 bridgehead atoms. The van der Waals surface area contributed by atoms with E-state index in [0.717, 1.165) is 24.1 Å². The zero-order valence-corrected chi connectivity index (χ0v) is 12.7. The molecule has 1 amide bonds. The molecule has 3 N–H and O–H groups in total. The van der Waals surface area contributed by atoms with Gasteiger partial charge in [-0.1, -0.05) is 48.0 Å². The first-order valence-corrected chi connectivity index (χ1v) is 7.59. The van der Waals surface area contributed by atoms with Gasteiger partial charge in [-0.3, -0.25) is 0 Å². The molecule has 22 heavy (non-hydrogen) atoms. The average Bonchev–Trinajstić information content (AvgIpc) is 2.53. The normalized spacial score (nSPS) is 18.3. The van der Waals surface area contributed by atoms with Gasteiger partial charge in [0.05, 0.1) is 12.1 Å². The smallest absolute Gasteiger partial charge is 0.405 e. The second-order valence-corrected chi connectivity index (χ2v) is 5.80. The first kappa shape index (κ1) is 14.9. The van der Waals surface area contributed by atoms with E-state index in [0.29, 0.717) is 5.02 Å². The minimum atomic E-state index is -1.04. The monoisotopic (exact) mass is 316 g/mol. The maximum Gasteiger partial charge on any atom is 0.405 e. The molecule has 3 rings (SSSR count). The average molecular weight is 317 g/mol. The van der Waals surface area contributed by atoms with Gasteiger partial charge >= 0.3 is 6.09 Å². The lowest BCUT2D eigenvalue weighted by atomic mass is 9.87. The van der Waals surface area contributed by atoms with Crippen LogP contribution >= 0.6 is 11.6 Å². The molecule has 0 saturated heterocycles. The molecule has 0 spiro atoms. The third-order valence-electron chi connectivity index (χ3n) is 3.99. The third kappa shape index (κ3) is 3.08. The van der Waals surface area contributed by atoms with Crippen molar-refractivity contribution in [2.75, 3.05) is 6.54 Å². The van der Waals surface area contributed by atoms with Crippen LogP contribution in [0.1, 0.15) is 28.8 Å². The standard InChI is InChI=1S/C17H17ClN2O2/c18-13-7-5-12(6-8-13)15(20-17(21)22)16-14-4-2-1-3-11(14)9-10-19-16/h1-8,15-16,19-20H,9-10H2,(H,21,22). The van der Waals surface area contributed by atoms with E-state index in [1.165, 1.54) is 5.56 Å². The van der Waals surface area contributed by atoms with Crippen molar-refractivity contribution in [3.05, 3.63) is 70.2 Å². The first-order chi connectivity index (χ1) is 10.6. The van der Waals surface area contributed by atoms with E-state index in [4.69, 9.17) is 11.6 Å². The predicted molar refractivity (Wildman–Crippen MR) is 86.2 cm³/mol. The summed E-state index contributed by atoms with van der Waals surface area (Å²) in [5.74, 6) is 0. The van der Waals surface area contributed by atoms with Crippen LogP contribution in [0.4, 0.5) is 4.79 Å². The number of benzene rings is 2. The lowest BCUT2D eigenvalue weighted by molar-refractivity contribution is 0.185. The molecule has 1 aliphatic heterocycles. The van der Waals surface area contributed by atoms with Gasteiger partial charge < -0.3 is 15.7 Å². The molecule has 5 heteroatoms. The summed E-state index contributed by atoms with van der Waals surface area (Å²) in [5, 5.41) is 15.9. The van der Waals surface area contributed by atoms with Crippen LogP contribution in [0.5, 0.6) is 0 Å². The van der Waals surface area contributed by atoms with Crippen LogP contribution in [0.25, 0.3) is 0 Å². The second kappa shape index (κ2) is 6.38. The van der Waals surface area contributed by atoms with Crippen LogP contribution in [0.3, 0.4) is 0 Å². The molecule has 1 aliphatic rings. The Kier molecular flexibility index (Phi) is 4.32. The van der Waals surface area contributed by atoms with Crippen molar-refractivity contribution in [2.24, 2.45) is 0 Å². The maximum atomic E-state index is 11.2. The summed E-state index contributed by atoms with van der Waals surface area (Å²) in [4.78, 5) is 11.2. The number of rotatable bonds is 3. The van der Waals surface area contributed by atoms with Crippen LogP contribution < -0.4 is 10.6 Å². The Hall–Kier alpha value is -2.04. The van der Waals surface area contributed by atoms with E-state index >= 15 is 0 Å². The molecule has 2 unspecified atom stereocenters. The fourth-order valence-corrected chi connectivity index (χ4v) is 3.12. The summed E-state index contributed by atoms with van der Waals surface area (Å²) in [6, 6.07) is 15.0. The fraction of sp³-hybridized carbons (Fsp3) is 0.235. The summed E-state index contributed by atoms with van der Waals surface area (Å²) in [7, 11) is 0. The van der Waals surface area contributed by atoms with Gasteiger partial charge in [0.25, 0.3) is 0 Å². The van der Waals surface area contributed by atoms with Crippen LogP contribution in [0, 0.1) is 0 Å². The van der Waals surface area contributed by atoms with E-state index < -0.39 is 6.09 Å². The number of carbonyl (C=O) groups is 1. The molecule has 0 aliphatic carbocycles. The maximum absolute atomic E-state index is 11.2. The van der Waals surface area contributed by atoms with Crippen molar-refractivity contribution in [1.29, 1.82) is 0 Å². The van der Waals surface area contributed by atoms with Crippen molar-refractivity contribution in [2.45, 2.75) is 18.5 Å². The minimum Gasteiger partial charge on any atom is -0.465 e. The molecule has 1 heterocycles. The topological polar surface area (TPSA) is 61.4 Å². The molecule has 4 nitrogen and oxygen atoms in total. The Morgan fingerprint density at radius 2 is 1.95 bits per heavy atom. The Balaban J connectivity index is 2.00. The second-order valence-electron chi connectivity index (χ2n) is 5.36. The van der Waals surface area contributed by atoms with Gasteiger partial charge in [-0.25, -0.2) is 4.79 Å². The van der Waals surface area contributed by atoms with E-state index in [1.54, 1.807) is 12.1 Å². The van der Waals surface area contributed by atoms with Crippen molar-refractivity contribution in [3.63, 3.8) is 0 Å². The lowest BCUT2D eigenvalue weighted by Crippen LogP contribution is -2.41. The summed E-state index contributed by atoms with van der Waals surface area (Å²) in [6.45, 7) is 0.826. The SMILES string of the molecule is O=C(O)NC(c1ccc(Cl)cc1)C1NCCc2ccccc21. The molecular weight excluding hydrogens is 300 g/mol. The molecular formula is C17H17ClN2O2. The van der Waals surface area contributed by atoms with E-state index in [2.05, 4.69) is 22.8 Å². The van der Waals surface area contributed by atoms with Crippen LogP contribution in [-0.2, 0) is 6.42 Å². The molecule has 0 aromatic heterocycles. The van der Waals surface area contributed by atoms with Gasteiger partial charge in [-0.2, -0.15) is 0 Å². The first-order valence-electron chi connectivity index (χ1n) is 7.21. The van der Waals surface area contributed by atoms with Gasteiger partial charge in [0.1, 0.15) is 0 Å². The van der Waals surface area contributed by atoms with E-state index in [9.17, 15) is 9.90 Å². The molecule has 0 fully saturated rings. The Morgan fingerprint density at radius 1 is 1.23 bits per heavy atom. The Bertz CT molecular complexity index is 673.